The van der Waals surface area contributed by atoms with Gasteiger partial charge in [-0.2, -0.15) is 5.26 Å². The van der Waals surface area contributed by atoms with Gasteiger partial charge >= 0.3 is 139 Å². The quantitative estimate of drug-likeness (QED) is 0.0123. The standard InChI is InChI=1S/C15H20ClN3O2.C13H19ClN2O2.C13H17ClN2O2.C11H13ClN2.C11H14ClNO2.2CH3I.CH4.5HI.2V/c1-15(2,3)21-14(20)18-13-6-5-12(16)9-11(13)10-19(4)8-7-17;2*1-13(2,3)18-12(17)16-11-6-5-10(14)7-9(11)8-15-4;1-3-6-14(2)8-9-7-10(12)4-5-11(9)13;1-11(2,3)15-10(14)13-9-6-4-8(12)5-7-9;2*1-2;;;;;;;;/h5-6,9H,8,10H2,1-4H3,(H,18,20);5-7,15H,8H2,1-4H3,(H,16,17);5-8H,1-4H3,(H,16,17);1,4-5,7H,6,8,13H2,2H3;4-7H,1-3H3,(H,13,14);2*1H3;1H4;5*1H;;/q;;;;;;;;;;;;;+2;+3/p-5. The Balaban J connectivity index is -0.000000355. The van der Waals surface area contributed by atoms with Crippen molar-refractivity contribution in [3.8, 4) is 18.4 Å². The Labute approximate surface area is 703 Å². The molecule has 0 heterocycles. The van der Waals surface area contributed by atoms with Crippen molar-refractivity contribution in [3.63, 3.8) is 0 Å². The third-order valence-corrected chi connectivity index (χ3v) is 11.1. The molecule has 0 atom stereocenters. The van der Waals surface area contributed by atoms with Crippen LogP contribution in [0.1, 0.15) is 113 Å². The monoisotopic (exact) mass is 2320 g/mol. The van der Waals surface area contributed by atoms with Gasteiger partial charge in [-0.25, -0.2) is 19.2 Å². The molecule has 549 valence electrons. The van der Waals surface area contributed by atoms with E-state index < -0.39 is 46.8 Å². The Morgan fingerprint density at radius 1 is 0.571 bits per heavy atom. The van der Waals surface area contributed by atoms with E-state index in [0.717, 1.165) is 34.5 Å². The molecule has 0 aliphatic carbocycles. The van der Waals surface area contributed by atoms with Gasteiger partial charge in [-0.1, -0.05) is 117 Å². The number of anilines is 5. The summed E-state index contributed by atoms with van der Waals surface area (Å²) < 4.78 is 20.7. The molecule has 5 aromatic carbocycles. The molecule has 0 bridgehead atoms. The molecule has 0 spiro atoms. The molecule has 0 saturated carbocycles. The minimum atomic E-state index is -0.561. The number of rotatable bonds is 13. The van der Waals surface area contributed by atoms with E-state index in [-0.39, 0.29) is 12.3 Å². The first-order valence-corrected chi connectivity index (χ1v) is 57.1. The normalized spacial score (nSPS) is 10.3. The number of benzene rings is 5. The number of hydrogen-bond donors (Lipinski definition) is 6. The second-order valence-electron chi connectivity index (χ2n) is 23.1. The summed E-state index contributed by atoms with van der Waals surface area (Å²) in [5.74, 6) is 2.57. The number of terminal acetylenes is 1. The molecule has 4 amide bonds. The first-order chi connectivity index (χ1) is 45.0. The molecule has 0 aliphatic rings. The summed E-state index contributed by atoms with van der Waals surface area (Å²) in [6.45, 7) is 24.5. The summed E-state index contributed by atoms with van der Waals surface area (Å²) in [5, 5.41) is 25.6. The molecule has 98 heavy (non-hydrogen) atoms. The molecule has 0 aromatic heterocycles. The first-order valence-electron chi connectivity index (χ1n) is 28.3. The molecule has 0 unspecified atom stereocenters. The number of nitrogens with one attached hydrogen (secondary N) is 5. The molecule has 18 nitrogen and oxygen atoms in total. The fourth-order valence-electron chi connectivity index (χ4n) is 6.61. The van der Waals surface area contributed by atoms with Crippen molar-refractivity contribution >= 4 is 262 Å². The fourth-order valence-corrected chi connectivity index (χ4v) is 7.50. The van der Waals surface area contributed by atoms with Crippen LogP contribution in [0.3, 0.4) is 0 Å². The molecule has 32 heteroatoms. The van der Waals surface area contributed by atoms with Crippen LogP contribution in [-0.2, 0) is 53.0 Å². The Bertz CT molecular complexity index is 3210. The Kier molecular flexibility index (Phi) is 64.3. The van der Waals surface area contributed by atoms with Crippen LogP contribution < -0.4 is 32.3 Å². The summed E-state index contributed by atoms with van der Waals surface area (Å²) in [4.78, 5) is 57.9. The average Bonchev–Trinajstić information content (AvgIpc) is 0.878. The maximum absolute atomic E-state index is 11.8. The summed E-state index contributed by atoms with van der Waals surface area (Å²) in [5.41, 5.74) is 10.5. The number of nitrogens with two attached hydrogens (primary N) is 1. The summed E-state index contributed by atoms with van der Waals surface area (Å²) in [7, 11) is 7.88. The minimum absolute atomic E-state index is 0. The zero-order valence-electron chi connectivity index (χ0n) is 57.5. The number of nitriles is 1. The molecule has 0 aliphatic heterocycles. The number of hydrogen-bond acceptors (Lipinski definition) is 14. The molecule has 0 fully saturated rings. The number of carbonyl (C=O) groups is 4. The van der Waals surface area contributed by atoms with Crippen molar-refractivity contribution in [2.24, 2.45) is 4.99 Å². The van der Waals surface area contributed by atoms with Gasteiger partial charge in [0.05, 0.1) is 24.8 Å². The first kappa shape index (κ1) is 106. The van der Waals surface area contributed by atoms with E-state index in [9.17, 15) is 19.2 Å². The molecule has 0 radical (unpaired) electrons. The third-order valence-electron chi connectivity index (χ3n) is 9.87. The van der Waals surface area contributed by atoms with E-state index in [1.807, 2.05) is 115 Å². The van der Waals surface area contributed by atoms with Crippen LogP contribution in [0, 0.1) is 23.7 Å². The van der Waals surface area contributed by atoms with Crippen molar-refractivity contribution in [1.82, 2.24) is 15.1 Å². The number of nitrogen functional groups attached to an aromatic ring is 1. The molecule has 5 rings (SSSR count). The van der Waals surface area contributed by atoms with Gasteiger partial charge < -0.3 is 30.0 Å². The van der Waals surface area contributed by atoms with Crippen LogP contribution in [0.4, 0.5) is 47.6 Å². The molecule has 0 saturated heterocycles. The zero-order chi connectivity index (χ0) is 75.9. The van der Waals surface area contributed by atoms with Crippen molar-refractivity contribution < 1.29 is 52.5 Å². The summed E-state index contributed by atoms with van der Waals surface area (Å²) in [6.07, 6.45) is 4.86. The number of carbonyl (C=O) groups excluding carboxylic acids is 4. The SMILES string of the molecule is C.C#CCN(C)Cc1cc(Cl)ccc1N.CC(C)(C)OC(=O)Nc1ccc(Cl)cc1.CI.CI.CN(CC#N)Cc1cc(Cl)ccc1NC(=O)OC(C)(C)C.CN=Cc1cc(Cl)ccc1NC(=O)OC(C)(C)C.CNCc1cc(Cl)ccc1NC(=O)OC(C)(C)C.[I][V]([I])[I].[I][V][I]. The van der Waals surface area contributed by atoms with Gasteiger partial charge in [0.1, 0.15) is 22.4 Å². The van der Waals surface area contributed by atoms with Crippen LogP contribution in [0.15, 0.2) is 102 Å². The van der Waals surface area contributed by atoms with Crippen LogP contribution in [0.2, 0.25) is 25.1 Å². The van der Waals surface area contributed by atoms with Crippen LogP contribution in [0.25, 0.3) is 0 Å². The second kappa shape index (κ2) is 59.4. The van der Waals surface area contributed by atoms with Crippen molar-refractivity contribution in [2.75, 3.05) is 78.1 Å². The Morgan fingerprint density at radius 2 is 0.888 bits per heavy atom. The van der Waals surface area contributed by atoms with Gasteiger partial charge in [0.2, 0.25) is 0 Å². The van der Waals surface area contributed by atoms with E-state index in [2.05, 4.69) is 189 Å². The van der Waals surface area contributed by atoms with Crippen molar-refractivity contribution in [2.45, 2.75) is 133 Å². The van der Waals surface area contributed by atoms with Gasteiger partial charge in [0.15, 0.2) is 0 Å². The maximum atomic E-state index is 11.8. The van der Waals surface area contributed by atoms with E-state index in [4.69, 9.17) is 94.4 Å². The summed E-state index contributed by atoms with van der Waals surface area (Å²) in [6, 6.07) is 30.0. The van der Waals surface area contributed by atoms with E-state index in [1.54, 1.807) is 119 Å². The predicted molar refractivity (Wildman–Crippen MR) is 471 cm³/mol. The van der Waals surface area contributed by atoms with Crippen LogP contribution in [0.5, 0.6) is 0 Å². The fraction of sp³-hybridized carbons (Fsp3) is 0.424. The Hall–Kier alpha value is -0.691. The van der Waals surface area contributed by atoms with Crippen LogP contribution in [-0.4, -0.2) is 114 Å². The van der Waals surface area contributed by atoms with E-state index >= 15 is 0 Å². The van der Waals surface area contributed by atoms with Gasteiger partial charge in [0.25, 0.3) is 0 Å². The van der Waals surface area contributed by atoms with Gasteiger partial charge in [-0.3, -0.25) is 36.1 Å². The molecular formula is C66H93Cl5I7N10O8V2. The topological polar surface area (TPSA) is 234 Å². The van der Waals surface area contributed by atoms with Crippen molar-refractivity contribution in [3.05, 3.63) is 144 Å². The molecular weight excluding hydrogens is 2230 g/mol. The zero-order valence-corrected chi connectivity index (χ0v) is 79.2. The van der Waals surface area contributed by atoms with Crippen LogP contribution >= 0.6 is 203 Å². The van der Waals surface area contributed by atoms with E-state index in [0.29, 0.717) is 83.5 Å². The number of ether oxygens (including phenoxy) is 4. The summed E-state index contributed by atoms with van der Waals surface area (Å²) >= 11 is 45.8. The van der Waals surface area contributed by atoms with Gasteiger partial charge in [-0.05, 0) is 228 Å². The van der Waals surface area contributed by atoms with E-state index in [1.165, 1.54) is 0 Å². The molecule has 5 aromatic rings. The number of alkyl halides is 2. The third kappa shape index (κ3) is 61.6. The van der Waals surface area contributed by atoms with Gasteiger partial charge in [-0.15, -0.1) is 6.42 Å². The average molecular weight is 2320 g/mol. The number of nitrogens with zero attached hydrogens (tertiary/aromatic N) is 4. The van der Waals surface area contributed by atoms with Crippen molar-refractivity contribution in [1.29, 1.82) is 5.26 Å². The number of aliphatic imine (C=N–C) groups is 1. The molecule has 7 N–H and O–H groups in total. The number of amides is 4. The van der Waals surface area contributed by atoms with Gasteiger partial charge in [0, 0.05) is 86.3 Å². The predicted octanol–water partition coefficient (Wildman–Crippen LogP) is 23.6. The Morgan fingerprint density at radius 3 is 1.27 bits per heavy atom. The number of halogens is 12. The second-order valence-corrected chi connectivity index (χ2v) is 72.4.